The second kappa shape index (κ2) is 13.7. The highest BCUT2D eigenvalue weighted by molar-refractivity contribution is 7.80. The van der Waals surface area contributed by atoms with Gasteiger partial charge in [-0.05, 0) is 79.7 Å². The van der Waals surface area contributed by atoms with E-state index >= 15 is 0 Å². The molecule has 0 radical (unpaired) electrons. The van der Waals surface area contributed by atoms with E-state index in [4.69, 9.17) is 17.5 Å². The first kappa shape index (κ1) is 32.2. The van der Waals surface area contributed by atoms with E-state index in [1.807, 2.05) is 16.7 Å². The third-order valence-corrected chi connectivity index (χ3v) is 7.07. The Labute approximate surface area is 258 Å². The molecular weight excluding hydrogens is 592 g/mol. The van der Waals surface area contributed by atoms with Crippen molar-refractivity contribution in [2.24, 2.45) is 0 Å². The number of amides is 1. The Kier molecular flexibility index (Phi) is 10.0. The molecule has 12 heteroatoms. The van der Waals surface area contributed by atoms with Gasteiger partial charge < -0.3 is 20.1 Å². The van der Waals surface area contributed by atoms with Crippen molar-refractivity contribution in [3.8, 4) is 6.07 Å². The number of thiocarbonyl (C=S) groups is 1. The van der Waals surface area contributed by atoms with Gasteiger partial charge in [-0.1, -0.05) is 30.3 Å². The van der Waals surface area contributed by atoms with Crippen LogP contribution in [0, 0.1) is 17.1 Å². The molecule has 4 rings (SSSR count). The van der Waals surface area contributed by atoms with Gasteiger partial charge in [0.25, 0.3) is 0 Å². The van der Waals surface area contributed by atoms with Gasteiger partial charge in [-0.25, -0.2) is 9.37 Å². The second-order valence-corrected chi connectivity index (χ2v) is 11.3. The topological polar surface area (TPSA) is 86.0 Å². The van der Waals surface area contributed by atoms with Gasteiger partial charge in [0.05, 0.1) is 35.5 Å². The van der Waals surface area contributed by atoms with Crippen molar-refractivity contribution in [3.63, 3.8) is 0 Å². The van der Waals surface area contributed by atoms with E-state index in [1.54, 1.807) is 43.4 Å². The first-order chi connectivity index (χ1) is 20.8. The van der Waals surface area contributed by atoms with Crippen LogP contribution in [0.25, 0.3) is 0 Å². The number of aromatic nitrogens is 2. The van der Waals surface area contributed by atoms with E-state index in [-0.39, 0.29) is 36.1 Å². The Hall–Kier alpha value is -4.76. The Morgan fingerprint density at radius 2 is 1.73 bits per heavy atom. The third-order valence-electron chi connectivity index (χ3n) is 6.71. The lowest BCUT2D eigenvalue weighted by molar-refractivity contribution is -0.138. The van der Waals surface area contributed by atoms with E-state index < -0.39 is 23.1 Å². The molecule has 0 saturated heterocycles. The number of nitrogens with zero attached hydrogens (tertiary/aromatic N) is 4. The zero-order valence-electron chi connectivity index (χ0n) is 24.0. The summed E-state index contributed by atoms with van der Waals surface area (Å²) < 4.78 is 56.7. The van der Waals surface area contributed by atoms with Crippen molar-refractivity contribution in [2.75, 3.05) is 11.9 Å². The summed E-state index contributed by atoms with van der Waals surface area (Å²) in [5.74, 6) is -0.760. The molecule has 0 fully saturated rings. The molecule has 7 nitrogen and oxygen atoms in total. The SMILES string of the molecule is CC(C)(CN(Cc1ccccc1C(F)(F)F)C(=S)Nc1ccc(F)cc1)NC(=O)Cc1cncn1Cc1ccc(C#N)cc1. The second-order valence-electron chi connectivity index (χ2n) is 10.9. The molecule has 0 saturated carbocycles. The zero-order valence-corrected chi connectivity index (χ0v) is 24.8. The summed E-state index contributed by atoms with van der Waals surface area (Å²) in [6.45, 7) is 3.82. The van der Waals surface area contributed by atoms with Crippen LogP contribution in [-0.4, -0.2) is 37.6 Å². The smallest absolute Gasteiger partial charge is 0.349 e. The van der Waals surface area contributed by atoms with Gasteiger partial charge in [-0.2, -0.15) is 18.4 Å². The van der Waals surface area contributed by atoms with Gasteiger partial charge in [-0.15, -0.1) is 0 Å². The molecule has 1 aromatic heterocycles. The molecule has 0 spiro atoms. The lowest BCUT2D eigenvalue weighted by atomic mass is 10.0. The van der Waals surface area contributed by atoms with Gasteiger partial charge in [0.1, 0.15) is 5.82 Å². The zero-order chi connectivity index (χ0) is 31.9. The summed E-state index contributed by atoms with van der Waals surface area (Å²) in [5, 5.41) is 15.1. The molecule has 0 aliphatic carbocycles. The average Bonchev–Trinajstić information content (AvgIpc) is 3.39. The van der Waals surface area contributed by atoms with Crippen LogP contribution in [0.1, 0.15) is 41.8 Å². The van der Waals surface area contributed by atoms with E-state index in [2.05, 4.69) is 21.7 Å². The normalized spacial score (nSPS) is 11.5. The Morgan fingerprint density at radius 3 is 2.39 bits per heavy atom. The summed E-state index contributed by atoms with van der Waals surface area (Å²) in [5.41, 5.74) is 0.890. The minimum Gasteiger partial charge on any atom is -0.349 e. The number of alkyl halides is 3. The lowest BCUT2D eigenvalue weighted by Crippen LogP contribution is -2.53. The van der Waals surface area contributed by atoms with Crippen LogP contribution in [0.5, 0.6) is 0 Å². The fourth-order valence-corrected chi connectivity index (χ4v) is 4.94. The van der Waals surface area contributed by atoms with Crippen molar-refractivity contribution in [1.29, 1.82) is 5.26 Å². The van der Waals surface area contributed by atoms with Gasteiger partial charge >= 0.3 is 6.18 Å². The maximum Gasteiger partial charge on any atom is 0.416 e. The molecular formula is C32H30F4N6OS. The summed E-state index contributed by atoms with van der Waals surface area (Å²) in [6.07, 6.45) is -1.35. The van der Waals surface area contributed by atoms with Crippen LogP contribution in [0.15, 0.2) is 85.3 Å². The molecule has 3 aromatic carbocycles. The van der Waals surface area contributed by atoms with E-state index in [1.165, 1.54) is 42.5 Å². The van der Waals surface area contributed by atoms with Crippen LogP contribution in [-0.2, 0) is 30.5 Å². The van der Waals surface area contributed by atoms with Crippen molar-refractivity contribution in [1.82, 2.24) is 19.8 Å². The minimum absolute atomic E-state index is 0.00882. The number of carbonyl (C=O) groups is 1. The molecule has 0 unspecified atom stereocenters. The fourth-order valence-electron chi connectivity index (χ4n) is 4.70. The minimum atomic E-state index is -4.57. The molecule has 228 valence electrons. The Morgan fingerprint density at radius 1 is 1.05 bits per heavy atom. The van der Waals surface area contributed by atoms with E-state index in [0.29, 0.717) is 23.5 Å². The maximum atomic E-state index is 13.8. The summed E-state index contributed by atoms with van der Waals surface area (Å²) >= 11 is 5.59. The van der Waals surface area contributed by atoms with Crippen LogP contribution in [0.2, 0.25) is 0 Å². The number of benzene rings is 3. The highest BCUT2D eigenvalue weighted by atomic mass is 32.1. The van der Waals surface area contributed by atoms with Crippen LogP contribution in [0.4, 0.5) is 23.2 Å². The summed E-state index contributed by atoms with van der Waals surface area (Å²) in [6, 6.07) is 19.8. The lowest BCUT2D eigenvalue weighted by Gasteiger charge is -2.35. The monoisotopic (exact) mass is 622 g/mol. The third kappa shape index (κ3) is 8.87. The quantitative estimate of drug-likeness (QED) is 0.160. The number of hydrogen-bond acceptors (Lipinski definition) is 4. The van der Waals surface area contributed by atoms with E-state index in [0.717, 1.165) is 11.6 Å². The van der Waals surface area contributed by atoms with Gasteiger partial charge in [-0.3, -0.25) is 4.79 Å². The molecule has 0 bridgehead atoms. The first-order valence-corrected chi connectivity index (χ1v) is 14.0. The Bertz CT molecular complexity index is 1640. The molecule has 2 N–H and O–H groups in total. The van der Waals surface area contributed by atoms with Gasteiger partial charge in [0.2, 0.25) is 5.91 Å². The average molecular weight is 623 g/mol. The Balaban J connectivity index is 1.49. The number of carbonyl (C=O) groups excluding carboxylic acids is 1. The van der Waals surface area contributed by atoms with E-state index in [9.17, 15) is 22.4 Å². The molecule has 1 amide bonds. The van der Waals surface area contributed by atoms with Gasteiger partial charge in [0.15, 0.2) is 5.11 Å². The number of anilines is 1. The first-order valence-electron chi connectivity index (χ1n) is 13.6. The molecule has 0 aliphatic heterocycles. The molecule has 4 aromatic rings. The van der Waals surface area contributed by atoms with Crippen LogP contribution in [0.3, 0.4) is 0 Å². The van der Waals surface area contributed by atoms with Crippen molar-refractivity contribution < 1.29 is 22.4 Å². The fraction of sp³-hybridized carbons (Fsp3) is 0.250. The predicted molar refractivity (Wildman–Crippen MR) is 163 cm³/mol. The van der Waals surface area contributed by atoms with Crippen LogP contribution >= 0.6 is 12.2 Å². The number of imidazole rings is 1. The number of rotatable bonds is 10. The molecule has 44 heavy (non-hydrogen) atoms. The van der Waals surface area contributed by atoms with Gasteiger partial charge in [0, 0.05) is 37.2 Å². The summed E-state index contributed by atoms with van der Waals surface area (Å²) in [7, 11) is 0. The number of hydrogen-bond donors (Lipinski definition) is 2. The van der Waals surface area contributed by atoms with Crippen molar-refractivity contribution >= 4 is 28.9 Å². The molecule has 0 aliphatic rings. The molecule has 0 atom stereocenters. The number of halogens is 4. The van der Waals surface area contributed by atoms with Crippen molar-refractivity contribution in [2.45, 2.75) is 45.1 Å². The summed E-state index contributed by atoms with van der Waals surface area (Å²) in [4.78, 5) is 18.9. The molecule has 1 heterocycles. The predicted octanol–water partition coefficient (Wildman–Crippen LogP) is 6.30. The van der Waals surface area contributed by atoms with Crippen LogP contribution < -0.4 is 10.6 Å². The standard InChI is InChI=1S/C32H30F4N6OS/c1-31(2,40-29(43)15-27-17-38-21-42(27)18-23-9-7-22(16-37)8-10-23)20-41(30(44)39-26-13-11-25(33)12-14-26)19-24-5-3-4-6-28(24)32(34,35)36/h3-14,17,21H,15,18-20H2,1-2H3,(H,39,44)(H,40,43). The number of nitrogens with one attached hydrogen (secondary N) is 2. The highest BCUT2D eigenvalue weighted by Gasteiger charge is 2.34. The van der Waals surface area contributed by atoms with Crippen molar-refractivity contribution in [3.05, 3.63) is 119 Å². The highest BCUT2D eigenvalue weighted by Crippen LogP contribution is 2.32. The number of nitriles is 1. The largest absolute Gasteiger partial charge is 0.416 e. The maximum absolute atomic E-state index is 13.8.